The van der Waals surface area contributed by atoms with Crippen LogP contribution in [0, 0.1) is 0 Å². The molecular weight excluding hydrogens is 678 g/mol. The highest BCUT2D eigenvalue weighted by Crippen LogP contribution is 2.30. The van der Waals surface area contributed by atoms with E-state index in [1.165, 1.54) is 89.9 Å². The molecule has 308 valence electrons. The number of unbranched alkanes of at least 4 members (excludes halogenated alkanes) is 17. The monoisotopic (exact) mass is 752 g/mol. The molecule has 1 amide bonds. The van der Waals surface area contributed by atoms with E-state index in [0.29, 0.717) is 6.42 Å². The molecule has 0 saturated carbocycles. The summed E-state index contributed by atoms with van der Waals surface area (Å²) in [5.41, 5.74) is 0. The molecule has 0 radical (unpaired) electrons. The van der Waals surface area contributed by atoms with Crippen molar-refractivity contribution in [2.24, 2.45) is 0 Å². The molecule has 14 nitrogen and oxygen atoms in total. The zero-order valence-electron chi connectivity index (χ0n) is 31.8. The van der Waals surface area contributed by atoms with E-state index in [2.05, 4.69) is 12.2 Å². The minimum Gasteiger partial charge on any atom is -0.394 e. The zero-order valence-corrected chi connectivity index (χ0v) is 31.8. The summed E-state index contributed by atoms with van der Waals surface area (Å²) >= 11 is 0. The van der Waals surface area contributed by atoms with E-state index < -0.39 is 86.8 Å². The van der Waals surface area contributed by atoms with Crippen LogP contribution >= 0.6 is 0 Å². The van der Waals surface area contributed by atoms with Gasteiger partial charge in [-0.05, 0) is 6.42 Å². The van der Waals surface area contributed by atoms with E-state index in [1.807, 2.05) is 0 Å². The largest absolute Gasteiger partial charge is 0.394 e. The lowest BCUT2D eigenvalue weighted by molar-refractivity contribution is -0.359. The second-order valence-corrected chi connectivity index (χ2v) is 14.7. The maximum Gasteiger partial charge on any atom is 0.220 e. The number of nitrogens with one attached hydrogen (secondary N) is 1. The number of carbonyl (C=O) groups is 1. The summed E-state index contributed by atoms with van der Waals surface area (Å²) < 4.78 is 22.3. The lowest BCUT2D eigenvalue weighted by atomic mass is 9.97. The van der Waals surface area contributed by atoms with Crippen LogP contribution in [0.4, 0.5) is 0 Å². The van der Waals surface area contributed by atoms with Gasteiger partial charge in [0.1, 0.15) is 48.8 Å². The average Bonchev–Trinajstić information content (AvgIpc) is 3.14. The van der Waals surface area contributed by atoms with Gasteiger partial charge in [-0.25, -0.2) is 0 Å². The maximum atomic E-state index is 12.3. The van der Waals surface area contributed by atoms with Crippen molar-refractivity contribution in [2.75, 3.05) is 19.8 Å². The van der Waals surface area contributed by atoms with Crippen LogP contribution in [-0.2, 0) is 23.7 Å². The molecule has 0 aromatic heterocycles. The van der Waals surface area contributed by atoms with Crippen LogP contribution < -0.4 is 5.32 Å². The quantitative estimate of drug-likeness (QED) is 0.0501. The Morgan fingerprint density at radius 3 is 1.56 bits per heavy atom. The molecule has 2 rings (SSSR count). The van der Waals surface area contributed by atoms with Gasteiger partial charge in [0.05, 0.1) is 32.0 Å². The molecule has 2 heterocycles. The van der Waals surface area contributed by atoms with E-state index in [4.69, 9.17) is 18.9 Å². The third kappa shape index (κ3) is 16.8. The summed E-state index contributed by atoms with van der Waals surface area (Å²) in [5, 5.41) is 85.3. The van der Waals surface area contributed by atoms with Gasteiger partial charge < -0.3 is 65.1 Å². The van der Waals surface area contributed by atoms with Crippen molar-refractivity contribution in [1.29, 1.82) is 0 Å². The lowest BCUT2D eigenvalue weighted by Gasteiger charge is -2.46. The Bertz CT molecular complexity index is 899. The van der Waals surface area contributed by atoms with E-state index in [0.717, 1.165) is 25.7 Å². The van der Waals surface area contributed by atoms with Crippen molar-refractivity contribution < 1.29 is 64.6 Å². The molecule has 52 heavy (non-hydrogen) atoms. The van der Waals surface area contributed by atoms with Gasteiger partial charge in [-0.1, -0.05) is 129 Å². The normalized spacial score (nSPS) is 30.7. The predicted octanol–water partition coefficient (Wildman–Crippen LogP) is 2.31. The Morgan fingerprint density at radius 1 is 0.615 bits per heavy atom. The van der Waals surface area contributed by atoms with Crippen molar-refractivity contribution >= 4 is 5.91 Å². The fourth-order valence-corrected chi connectivity index (χ4v) is 6.91. The van der Waals surface area contributed by atoms with Crippen molar-refractivity contribution in [2.45, 2.75) is 216 Å². The molecule has 2 aliphatic heterocycles. The molecule has 0 bridgehead atoms. The first-order chi connectivity index (χ1) is 25.1. The van der Waals surface area contributed by atoms with Crippen molar-refractivity contribution in [3.8, 4) is 0 Å². The molecule has 0 spiro atoms. The van der Waals surface area contributed by atoms with E-state index in [9.17, 15) is 45.6 Å². The van der Waals surface area contributed by atoms with Gasteiger partial charge in [-0.3, -0.25) is 4.79 Å². The smallest absolute Gasteiger partial charge is 0.220 e. The molecule has 0 aromatic rings. The number of aliphatic hydroxyl groups is 8. The second kappa shape index (κ2) is 27.6. The SMILES string of the molecule is CCCCCCCCCCCCCCCCCCCCC(O)C(COC1OC(CO)C(OC2OC(CO)C(O)C(O)C2O)C(O)C1O)NC(=O)CC. The van der Waals surface area contributed by atoms with Gasteiger partial charge in [-0.2, -0.15) is 0 Å². The Labute approximate surface area is 311 Å². The molecule has 2 saturated heterocycles. The molecule has 12 atom stereocenters. The van der Waals surface area contributed by atoms with Crippen LogP contribution in [0.1, 0.15) is 142 Å². The van der Waals surface area contributed by atoms with Gasteiger partial charge in [0, 0.05) is 6.42 Å². The van der Waals surface area contributed by atoms with Gasteiger partial charge in [0.15, 0.2) is 12.6 Å². The third-order valence-corrected chi connectivity index (χ3v) is 10.4. The average molecular weight is 752 g/mol. The van der Waals surface area contributed by atoms with Crippen LogP contribution in [0.25, 0.3) is 0 Å². The minimum atomic E-state index is -1.77. The standard InChI is InChI=1S/C38H73NO13/c1-3-5-6-7-8-9-10-11-12-13-14-15-16-17-18-19-20-21-22-27(42)26(39-30(43)4-2)25-49-37-35(48)33(46)36(29(24-41)51-37)52-38-34(47)32(45)31(44)28(23-40)50-38/h26-29,31-38,40-42,44-48H,3-25H2,1-2H3,(H,39,43). The van der Waals surface area contributed by atoms with Crippen LogP contribution in [0.2, 0.25) is 0 Å². The molecular formula is C38H73NO13. The van der Waals surface area contributed by atoms with E-state index in [-0.39, 0.29) is 18.9 Å². The molecule has 14 heteroatoms. The highest BCUT2D eigenvalue weighted by Gasteiger charge is 2.50. The Hall–Kier alpha value is -1.01. The number of hydrogen-bond donors (Lipinski definition) is 9. The summed E-state index contributed by atoms with van der Waals surface area (Å²) in [6.07, 6.45) is 6.66. The second-order valence-electron chi connectivity index (χ2n) is 14.7. The first-order valence-electron chi connectivity index (χ1n) is 20.3. The van der Waals surface area contributed by atoms with Crippen molar-refractivity contribution in [1.82, 2.24) is 5.32 Å². The number of amides is 1. The zero-order chi connectivity index (χ0) is 38.3. The first kappa shape index (κ1) is 47.1. The topological polar surface area (TPSA) is 228 Å². The lowest BCUT2D eigenvalue weighted by Crippen LogP contribution is -2.65. The molecule has 2 fully saturated rings. The van der Waals surface area contributed by atoms with Gasteiger partial charge in [0.25, 0.3) is 0 Å². The molecule has 9 N–H and O–H groups in total. The summed E-state index contributed by atoms with van der Waals surface area (Å²) in [7, 11) is 0. The van der Waals surface area contributed by atoms with E-state index >= 15 is 0 Å². The van der Waals surface area contributed by atoms with Gasteiger partial charge >= 0.3 is 0 Å². The summed E-state index contributed by atoms with van der Waals surface area (Å²) in [6, 6.07) is -0.818. The summed E-state index contributed by atoms with van der Waals surface area (Å²) in [6.45, 7) is 2.29. The molecule has 0 aliphatic carbocycles. The Kier molecular flexibility index (Phi) is 25.0. The van der Waals surface area contributed by atoms with Crippen LogP contribution in [0.3, 0.4) is 0 Å². The number of aliphatic hydroxyl groups excluding tert-OH is 8. The van der Waals surface area contributed by atoms with Crippen molar-refractivity contribution in [3.63, 3.8) is 0 Å². The highest BCUT2D eigenvalue weighted by molar-refractivity contribution is 5.75. The predicted molar refractivity (Wildman–Crippen MR) is 194 cm³/mol. The number of rotatable bonds is 29. The van der Waals surface area contributed by atoms with Crippen LogP contribution in [-0.4, -0.2) is 140 Å². The van der Waals surface area contributed by atoms with Gasteiger partial charge in [-0.15, -0.1) is 0 Å². The third-order valence-electron chi connectivity index (χ3n) is 10.4. The summed E-state index contributed by atoms with van der Waals surface area (Å²) in [5.74, 6) is -0.295. The molecule has 12 unspecified atom stereocenters. The summed E-state index contributed by atoms with van der Waals surface area (Å²) in [4.78, 5) is 12.3. The van der Waals surface area contributed by atoms with Crippen LogP contribution in [0.15, 0.2) is 0 Å². The first-order valence-corrected chi connectivity index (χ1v) is 20.3. The van der Waals surface area contributed by atoms with Crippen LogP contribution in [0.5, 0.6) is 0 Å². The number of ether oxygens (including phenoxy) is 4. The Balaban J connectivity index is 1.69. The fraction of sp³-hybridized carbons (Fsp3) is 0.974. The van der Waals surface area contributed by atoms with Crippen molar-refractivity contribution in [3.05, 3.63) is 0 Å². The highest BCUT2D eigenvalue weighted by atomic mass is 16.7. The molecule has 2 aliphatic rings. The fourth-order valence-electron chi connectivity index (χ4n) is 6.91. The number of hydrogen-bond acceptors (Lipinski definition) is 13. The maximum absolute atomic E-state index is 12.3. The Morgan fingerprint density at radius 2 is 1.08 bits per heavy atom. The molecule has 0 aromatic carbocycles. The van der Waals surface area contributed by atoms with E-state index in [1.54, 1.807) is 6.92 Å². The minimum absolute atomic E-state index is 0.188. The number of carbonyl (C=O) groups excluding carboxylic acids is 1. The van der Waals surface area contributed by atoms with Gasteiger partial charge in [0.2, 0.25) is 5.91 Å².